The second-order valence-electron chi connectivity index (χ2n) is 5.40. The molecule has 0 aromatic heterocycles. The zero-order valence-electron chi connectivity index (χ0n) is 9.81. The van der Waals surface area contributed by atoms with Crippen molar-refractivity contribution in [2.45, 2.75) is 45.4 Å². The first-order valence-electron chi connectivity index (χ1n) is 5.78. The van der Waals surface area contributed by atoms with E-state index in [1.165, 1.54) is 24.8 Å². The van der Waals surface area contributed by atoms with Crippen LogP contribution in [0.15, 0.2) is 24.3 Å². The minimum atomic E-state index is -0.135. The monoisotopic (exact) mass is 206 g/mol. The van der Waals surface area contributed by atoms with E-state index >= 15 is 0 Å². The molecular weight excluding hydrogens is 187 g/mol. The van der Waals surface area contributed by atoms with Crippen LogP contribution in [0.2, 0.25) is 0 Å². The Kier molecular flexibility index (Phi) is 2.37. The van der Waals surface area contributed by atoms with Crippen LogP contribution in [0.3, 0.4) is 0 Å². The minimum Gasteiger partial charge on any atom is -0.207 e. The molecule has 0 nitrogen and oxygen atoms in total. The van der Waals surface area contributed by atoms with Crippen LogP contribution in [0.25, 0.3) is 0 Å². The van der Waals surface area contributed by atoms with E-state index in [2.05, 4.69) is 20.8 Å². The molecule has 1 aliphatic rings. The topological polar surface area (TPSA) is 0 Å². The van der Waals surface area contributed by atoms with Crippen LogP contribution >= 0.6 is 0 Å². The van der Waals surface area contributed by atoms with E-state index in [1.54, 1.807) is 12.1 Å². The molecule has 0 saturated heterocycles. The Labute approximate surface area is 91.5 Å². The van der Waals surface area contributed by atoms with E-state index in [4.69, 9.17) is 0 Å². The molecule has 0 heterocycles. The molecule has 15 heavy (non-hydrogen) atoms. The maximum absolute atomic E-state index is 12.9. The molecule has 1 aliphatic carbocycles. The molecule has 0 amide bonds. The fourth-order valence-electron chi connectivity index (χ4n) is 2.97. The van der Waals surface area contributed by atoms with Gasteiger partial charge in [0.25, 0.3) is 0 Å². The van der Waals surface area contributed by atoms with Crippen LogP contribution in [-0.4, -0.2) is 0 Å². The number of hydrogen-bond acceptors (Lipinski definition) is 0. The molecule has 0 aliphatic heterocycles. The maximum atomic E-state index is 12.9. The summed E-state index contributed by atoms with van der Waals surface area (Å²) in [4.78, 5) is 0. The molecule has 1 atom stereocenters. The van der Waals surface area contributed by atoms with Gasteiger partial charge in [-0.1, -0.05) is 39.3 Å². The quantitative estimate of drug-likeness (QED) is 0.692. The normalized spacial score (nSPS) is 27.7. The second-order valence-corrected chi connectivity index (χ2v) is 5.40. The van der Waals surface area contributed by atoms with Gasteiger partial charge in [-0.05, 0) is 36.0 Å². The van der Waals surface area contributed by atoms with Gasteiger partial charge in [0, 0.05) is 5.41 Å². The van der Waals surface area contributed by atoms with Gasteiger partial charge in [0.2, 0.25) is 0 Å². The van der Waals surface area contributed by atoms with Crippen molar-refractivity contribution in [3.8, 4) is 0 Å². The summed E-state index contributed by atoms with van der Waals surface area (Å²) in [5.74, 6) is -0.135. The summed E-state index contributed by atoms with van der Waals surface area (Å²) < 4.78 is 12.9. The van der Waals surface area contributed by atoms with Gasteiger partial charge in [0.1, 0.15) is 5.82 Å². The smallest absolute Gasteiger partial charge is 0.123 e. The van der Waals surface area contributed by atoms with Gasteiger partial charge in [-0.15, -0.1) is 0 Å². The Morgan fingerprint density at radius 3 is 2.13 bits per heavy atom. The number of hydrogen-bond donors (Lipinski definition) is 0. The van der Waals surface area contributed by atoms with Crippen LogP contribution in [-0.2, 0) is 5.41 Å². The summed E-state index contributed by atoms with van der Waals surface area (Å²) in [6, 6.07) is 7.09. The molecule has 82 valence electrons. The number of rotatable bonds is 3. The fraction of sp³-hybridized carbons (Fsp3) is 0.571. The highest BCUT2D eigenvalue weighted by Gasteiger charge is 2.60. The van der Waals surface area contributed by atoms with Crippen LogP contribution < -0.4 is 0 Å². The lowest BCUT2D eigenvalue weighted by Gasteiger charge is -2.20. The third kappa shape index (κ3) is 1.58. The van der Waals surface area contributed by atoms with Crippen molar-refractivity contribution in [3.63, 3.8) is 0 Å². The molecule has 0 radical (unpaired) electrons. The average molecular weight is 206 g/mol. The van der Waals surface area contributed by atoms with E-state index < -0.39 is 0 Å². The Morgan fingerprint density at radius 1 is 1.20 bits per heavy atom. The third-order valence-electron chi connectivity index (χ3n) is 3.99. The first-order chi connectivity index (χ1) is 7.02. The van der Waals surface area contributed by atoms with Crippen molar-refractivity contribution in [2.75, 3.05) is 0 Å². The Bertz CT molecular complexity index is 350. The summed E-state index contributed by atoms with van der Waals surface area (Å²) >= 11 is 0. The van der Waals surface area contributed by atoms with Crippen LogP contribution in [0, 0.1) is 11.2 Å². The largest absolute Gasteiger partial charge is 0.207 e. The zero-order valence-corrected chi connectivity index (χ0v) is 9.81. The van der Waals surface area contributed by atoms with Crippen molar-refractivity contribution in [3.05, 3.63) is 35.6 Å². The highest BCUT2D eigenvalue weighted by atomic mass is 19.1. The lowest BCUT2D eigenvalue weighted by atomic mass is 9.84. The zero-order chi connectivity index (χ0) is 11.1. The predicted molar refractivity (Wildman–Crippen MR) is 61.4 cm³/mol. The second kappa shape index (κ2) is 3.33. The Balaban J connectivity index is 2.32. The van der Waals surface area contributed by atoms with E-state index in [1.807, 2.05) is 12.1 Å². The Morgan fingerprint density at radius 2 is 1.73 bits per heavy atom. The summed E-state index contributed by atoms with van der Waals surface area (Å²) in [5.41, 5.74) is 2.02. The van der Waals surface area contributed by atoms with Crippen LogP contribution in [0.4, 0.5) is 4.39 Å². The fourth-order valence-corrected chi connectivity index (χ4v) is 2.97. The third-order valence-corrected chi connectivity index (χ3v) is 3.99. The first-order valence-corrected chi connectivity index (χ1v) is 5.78. The molecule has 1 aromatic rings. The summed E-state index contributed by atoms with van der Waals surface area (Å²) in [7, 11) is 0. The van der Waals surface area contributed by atoms with Gasteiger partial charge in [-0.25, -0.2) is 4.39 Å². The predicted octanol–water partition coefficient (Wildman–Crippen LogP) is 4.29. The van der Waals surface area contributed by atoms with Crippen LogP contribution in [0.5, 0.6) is 0 Å². The van der Waals surface area contributed by atoms with Crippen molar-refractivity contribution in [2.24, 2.45) is 5.41 Å². The molecule has 2 rings (SSSR count). The molecule has 0 spiro atoms. The van der Waals surface area contributed by atoms with Gasteiger partial charge < -0.3 is 0 Å². The summed E-state index contributed by atoms with van der Waals surface area (Å²) in [6.45, 7) is 6.84. The molecule has 0 bridgehead atoms. The molecule has 1 fully saturated rings. The lowest BCUT2D eigenvalue weighted by molar-refractivity contribution is 0.461. The van der Waals surface area contributed by atoms with Crippen molar-refractivity contribution in [1.82, 2.24) is 0 Å². The van der Waals surface area contributed by atoms with Gasteiger partial charge in [0.15, 0.2) is 0 Å². The molecule has 1 unspecified atom stereocenters. The van der Waals surface area contributed by atoms with Gasteiger partial charge in [-0.3, -0.25) is 0 Å². The van der Waals surface area contributed by atoms with E-state index in [0.29, 0.717) is 10.8 Å². The summed E-state index contributed by atoms with van der Waals surface area (Å²) in [5, 5.41) is 0. The van der Waals surface area contributed by atoms with E-state index in [-0.39, 0.29) is 5.82 Å². The average Bonchev–Trinajstić information content (AvgIpc) is 2.71. The van der Waals surface area contributed by atoms with Gasteiger partial charge >= 0.3 is 0 Å². The maximum Gasteiger partial charge on any atom is 0.123 e. The number of halogens is 1. The minimum absolute atomic E-state index is 0.135. The van der Waals surface area contributed by atoms with Crippen molar-refractivity contribution >= 4 is 0 Å². The molecular formula is C14H19F. The van der Waals surface area contributed by atoms with E-state index in [9.17, 15) is 4.39 Å². The highest BCUT2D eigenvalue weighted by molar-refractivity contribution is 5.36. The highest BCUT2D eigenvalue weighted by Crippen LogP contribution is 2.66. The molecule has 1 heteroatoms. The standard InChI is InChI=1S/C14H19F/c1-4-9-14(10-13(14,2)3)11-5-7-12(15)8-6-11/h5-8H,4,9-10H2,1-3H3. The Hall–Kier alpha value is -0.850. The van der Waals surface area contributed by atoms with Gasteiger partial charge in [-0.2, -0.15) is 0 Å². The molecule has 1 saturated carbocycles. The van der Waals surface area contributed by atoms with Crippen molar-refractivity contribution < 1.29 is 4.39 Å². The SMILES string of the molecule is CCCC1(c2ccc(F)cc2)CC1(C)C. The molecule has 0 N–H and O–H groups in total. The van der Waals surface area contributed by atoms with E-state index in [0.717, 1.165) is 0 Å². The van der Waals surface area contributed by atoms with Crippen LogP contribution in [0.1, 0.15) is 45.6 Å². The van der Waals surface area contributed by atoms with Crippen molar-refractivity contribution in [1.29, 1.82) is 0 Å². The summed E-state index contributed by atoms with van der Waals surface area (Å²) in [6.07, 6.45) is 3.64. The lowest BCUT2D eigenvalue weighted by Crippen LogP contribution is -2.14. The van der Waals surface area contributed by atoms with Gasteiger partial charge in [0.05, 0.1) is 0 Å². The number of benzene rings is 1. The molecule has 1 aromatic carbocycles. The first kappa shape index (κ1) is 10.7.